The first-order valence-corrected chi connectivity index (χ1v) is 10.8. The molecule has 0 aliphatic carbocycles. The fraction of sp³-hybridized carbons (Fsp3) is 0.440. The maximum absolute atomic E-state index is 12.0. The van der Waals surface area contributed by atoms with Gasteiger partial charge in [-0.1, -0.05) is 18.2 Å². The molecule has 3 rings (SSSR count). The maximum atomic E-state index is 12.0. The van der Waals surface area contributed by atoms with Gasteiger partial charge in [-0.05, 0) is 57.0 Å². The summed E-state index contributed by atoms with van der Waals surface area (Å²) in [6.07, 6.45) is -0.669. The van der Waals surface area contributed by atoms with Crippen LogP contribution in [0.1, 0.15) is 45.7 Å². The van der Waals surface area contributed by atoms with Crippen LogP contribution in [0.3, 0.4) is 0 Å². The van der Waals surface area contributed by atoms with E-state index in [4.69, 9.17) is 4.74 Å². The van der Waals surface area contributed by atoms with Crippen molar-refractivity contribution in [1.82, 2.24) is 4.90 Å². The van der Waals surface area contributed by atoms with E-state index in [2.05, 4.69) is 41.0 Å². The number of aliphatic hydroxyl groups excluding tert-OH is 1. The van der Waals surface area contributed by atoms with E-state index in [1.807, 2.05) is 6.92 Å². The van der Waals surface area contributed by atoms with E-state index in [0.29, 0.717) is 23.4 Å². The summed E-state index contributed by atoms with van der Waals surface area (Å²) in [6.45, 7) is 11.1. The summed E-state index contributed by atoms with van der Waals surface area (Å²) in [5.41, 5.74) is 4.19. The van der Waals surface area contributed by atoms with Crippen molar-refractivity contribution in [3.8, 4) is 5.75 Å². The second-order valence-electron chi connectivity index (χ2n) is 8.31. The van der Waals surface area contributed by atoms with Crippen LogP contribution in [0.2, 0.25) is 0 Å². The topological polar surface area (TPSA) is 70.1 Å². The van der Waals surface area contributed by atoms with Gasteiger partial charge in [-0.15, -0.1) is 0 Å². The van der Waals surface area contributed by atoms with Crippen LogP contribution in [0.4, 0.5) is 5.69 Å². The molecule has 2 aromatic rings. The molecular formula is C25H32N2O4. The highest BCUT2D eigenvalue weighted by Gasteiger charge is 2.21. The zero-order valence-corrected chi connectivity index (χ0v) is 18.9. The molecule has 1 atom stereocenters. The minimum Gasteiger partial charge on any atom is -0.490 e. The summed E-state index contributed by atoms with van der Waals surface area (Å²) in [5, 5.41) is 10.5. The van der Waals surface area contributed by atoms with Gasteiger partial charge >= 0.3 is 0 Å². The van der Waals surface area contributed by atoms with Crippen LogP contribution in [0, 0.1) is 13.8 Å². The minimum absolute atomic E-state index is 0.0866. The molecule has 0 amide bonds. The molecule has 0 radical (unpaired) electrons. The van der Waals surface area contributed by atoms with E-state index in [1.165, 1.54) is 25.1 Å². The quantitative estimate of drug-likeness (QED) is 0.656. The summed E-state index contributed by atoms with van der Waals surface area (Å²) in [6, 6.07) is 11.7. The number of carbonyl (C=O) groups excluding carboxylic acids is 2. The fourth-order valence-electron chi connectivity index (χ4n) is 4.08. The van der Waals surface area contributed by atoms with Gasteiger partial charge in [0.1, 0.15) is 18.5 Å². The second-order valence-corrected chi connectivity index (χ2v) is 8.31. The normalized spacial score (nSPS) is 15.6. The number of para-hydroxylation sites is 1. The number of rotatable bonds is 8. The minimum atomic E-state index is -0.669. The molecule has 6 heteroatoms. The lowest BCUT2D eigenvalue weighted by Gasteiger charge is -2.37. The van der Waals surface area contributed by atoms with Gasteiger partial charge < -0.3 is 14.7 Å². The standard InChI is InChI=1S/C25H32N2O4/c1-17-7-5-6-8-24(17)27-11-9-26(10-12-27)15-21(30)16-31-25-13-18(2)22(19(3)28)14-23(25)20(4)29/h5-8,13-14,21,30H,9-12,15-16H2,1-4H3. The maximum Gasteiger partial charge on any atom is 0.163 e. The molecule has 0 spiro atoms. The summed E-state index contributed by atoms with van der Waals surface area (Å²) >= 11 is 0. The molecule has 166 valence electrons. The molecule has 1 N–H and O–H groups in total. The number of aliphatic hydroxyl groups is 1. The largest absolute Gasteiger partial charge is 0.490 e. The zero-order valence-electron chi connectivity index (χ0n) is 18.9. The highest BCUT2D eigenvalue weighted by molar-refractivity contribution is 6.02. The number of carbonyl (C=O) groups is 2. The molecule has 1 saturated heterocycles. The number of hydrogen-bond donors (Lipinski definition) is 1. The Morgan fingerprint density at radius 2 is 1.61 bits per heavy atom. The molecule has 1 aliphatic rings. The number of Topliss-reactive ketones (excluding diaryl/α,β-unsaturated/α-hetero) is 2. The Morgan fingerprint density at radius 3 is 2.23 bits per heavy atom. The van der Waals surface area contributed by atoms with Crippen molar-refractivity contribution in [1.29, 1.82) is 0 Å². The summed E-state index contributed by atoms with van der Waals surface area (Å²) in [4.78, 5) is 28.4. The molecule has 0 bridgehead atoms. The van der Waals surface area contributed by atoms with Crippen molar-refractivity contribution >= 4 is 17.3 Å². The molecule has 0 saturated carbocycles. The molecule has 1 aliphatic heterocycles. The van der Waals surface area contributed by atoms with Gasteiger partial charge in [-0.25, -0.2) is 0 Å². The Hall–Kier alpha value is -2.70. The van der Waals surface area contributed by atoms with Gasteiger partial charge in [0, 0.05) is 44.0 Å². The highest BCUT2D eigenvalue weighted by Crippen LogP contribution is 2.25. The van der Waals surface area contributed by atoms with E-state index in [1.54, 1.807) is 12.1 Å². The van der Waals surface area contributed by atoms with E-state index >= 15 is 0 Å². The van der Waals surface area contributed by atoms with Crippen LogP contribution in [0.25, 0.3) is 0 Å². The van der Waals surface area contributed by atoms with Crippen molar-refractivity contribution in [3.05, 3.63) is 58.7 Å². The van der Waals surface area contributed by atoms with E-state index in [-0.39, 0.29) is 18.2 Å². The first-order valence-electron chi connectivity index (χ1n) is 10.8. The third-order valence-corrected chi connectivity index (χ3v) is 5.81. The van der Waals surface area contributed by atoms with Crippen molar-refractivity contribution in [2.24, 2.45) is 0 Å². The summed E-state index contributed by atoms with van der Waals surface area (Å²) in [5.74, 6) is 0.161. The van der Waals surface area contributed by atoms with Gasteiger partial charge in [-0.2, -0.15) is 0 Å². The molecule has 31 heavy (non-hydrogen) atoms. The third-order valence-electron chi connectivity index (χ3n) is 5.81. The van der Waals surface area contributed by atoms with Crippen LogP contribution >= 0.6 is 0 Å². The Labute approximate surface area is 184 Å². The summed E-state index contributed by atoms with van der Waals surface area (Å²) in [7, 11) is 0. The van der Waals surface area contributed by atoms with Crippen LogP contribution in [-0.2, 0) is 0 Å². The Balaban J connectivity index is 1.55. The first-order chi connectivity index (χ1) is 14.8. The summed E-state index contributed by atoms with van der Waals surface area (Å²) < 4.78 is 5.80. The van der Waals surface area contributed by atoms with Crippen LogP contribution in [-0.4, -0.2) is 67.0 Å². The molecular weight excluding hydrogens is 392 g/mol. The zero-order chi connectivity index (χ0) is 22.5. The molecule has 1 fully saturated rings. The van der Waals surface area contributed by atoms with E-state index in [9.17, 15) is 14.7 Å². The molecule has 2 aromatic carbocycles. The van der Waals surface area contributed by atoms with Gasteiger partial charge in [0.15, 0.2) is 11.6 Å². The van der Waals surface area contributed by atoms with E-state index in [0.717, 1.165) is 31.7 Å². The Morgan fingerprint density at radius 1 is 0.968 bits per heavy atom. The van der Waals surface area contributed by atoms with Gasteiger partial charge in [0.2, 0.25) is 0 Å². The van der Waals surface area contributed by atoms with Crippen molar-refractivity contribution in [2.75, 3.05) is 44.2 Å². The number of anilines is 1. The average molecular weight is 425 g/mol. The molecule has 1 heterocycles. The average Bonchev–Trinajstić information content (AvgIpc) is 2.73. The Bertz CT molecular complexity index is 949. The monoisotopic (exact) mass is 424 g/mol. The van der Waals surface area contributed by atoms with E-state index < -0.39 is 6.10 Å². The number of hydrogen-bond acceptors (Lipinski definition) is 6. The van der Waals surface area contributed by atoms with Crippen LogP contribution in [0.5, 0.6) is 5.75 Å². The van der Waals surface area contributed by atoms with Crippen LogP contribution < -0.4 is 9.64 Å². The number of benzene rings is 2. The molecule has 6 nitrogen and oxygen atoms in total. The first kappa shape index (κ1) is 23.0. The van der Waals surface area contributed by atoms with Crippen molar-refractivity contribution in [3.63, 3.8) is 0 Å². The van der Waals surface area contributed by atoms with Crippen molar-refractivity contribution < 1.29 is 19.4 Å². The number of piperazine rings is 1. The number of aryl methyl sites for hydroxylation is 2. The van der Waals surface area contributed by atoms with Gasteiger partial charge in [0.05, 0.1) is 5.56 Å². The second kappa shape index (κ2) is 10.1. The number of nitrogens with zero attached hydrogens (tertiary/aromatic N) is 2. The lowest BCUT2D eigenvalue weighted by molar-refractivity contribution is 0.0656. The van der Waals surface area contributed by atoms with Crippen molar-refractivity contribution in [2.45, 2.75) is 33.8 Å². The SMILES string of the molecule is CC(=O)c1cc(C(C)=O)c(OCC(O)CN2CCN(c3ccccc3C)CC2)cc1C. The predicted molar refractivity (Wildman–Crippen MR) is 123 cm³/mol. The lowest BCUT2D eigenvalue weighted by Crippen LogP contribution is -2.49. The smallest absolute Gasteiger partial charge is 0.163 e. The lowest BCUT2D eigenvalue weighted by atomic mass is 9.99. The number of β-amino-alcohol motifs (C(OH)–C–C–N with tert-alkyl or cyclic N) is 1. The highest BCUT2D eigenvalue weighted by atomic mass is 16.5. The molecule has 1 unspecified atom stereocenters. The number of ketones is 2. The number of ether oxygens (including phenoxy) is 1. The fourth-order valence-corrected chi connectivity index (χ4v) is 4.08. The molecule has 0 aromatic heterocycles. The predicted octanol–water partition coefficient (Wildman–Crippen LogP) is 3.27. The van der Waals surface area contributed by atoms with Gasteiger partial charge in [-0.3, -0.25) is 14.5 Å². The van der Waals surface area contributed by atoms with Crippen LogP contribution in [0.15, 0.2) is 36.4 Å². The third kappa shape index (κ3) is 5.71. The Kier molecular flexibility index (Phi) is 7.46. The van der Waals surface area contributed by atoms with Gasteiger partial charge in [0.25, 0.3) is 0 Å².